The summed E-state index contributed by atoms with van der Waals surface area (Å²) < 4.78 is 2.43. The highest BCUT2D eigenvalue weighted by Crippen LogP contribution is 2.47. The quantitative estimate of drug-likeness (QED) is 0.146. The third kappa shape index (κ3) is 5.88. The van der Waals surface area contributed by atoms with E-state index in [-0.39, 0.29) is 0 Å². The van der Waals surface area contributed by atoms with Crippen LogP contribution in [0, 0.1) is 0 Å². The highest BCUT2D eigenvalue weighted by Gasteiger charge is 2.22. The summed E-state index contributed by atoms with van der Waals surface area (Å²) in [5.41, 5.74) is 14.1. The lowest BCUT2D eigenvalue weighted by Crippen LogP contribution is -2.11. The van der Waals surface area contributed by atoms with E-state index >= 15 is 0 Å². The molecule has 12 aromatic rings. The number of fused-ring (bicyclic) bond motifs is 7. The fourth-order valence-electron chi connectivity index (χ4n) is 9.75. The molecule has 0 bridgehead atoms. The van der Waals surface area contributed by atoms with Crippen molar-refractivity contribution in [3.8, 4) is 39.1 Å². The number of anilines is 3. The second-order valence-electron chi connectivity index (χ2n) is 16.1. The lowest BCUT2D eigenvalue weighted by atomic mass is 9.84. The molecule has 0 spiro atoms. The molecule has 11 aromatic carbocycles. The number of nitrogens with zero attached hydrogens (tertiary/aromatic N) is 2. The van der Waals surface area contributed by atoms with E-state index in [4.69, 9.17) is 0 Å². The van der Waals surface area contributed by atoms with Crippen LogP contribution in [-0.4, -0.2) is 4.57 Å². The Labute approximate surface area is 360 Å². The van der Waals surface area contributed by atoms with E-state index in [1.807, 2.05) is 0 Å². The predicted molar refractivity (Wildman–Crippen MR) is 264 cm³/mol. The number of benzene rings is 11. The number of aromatic nitrogens is 1. The van der Waals surface area contributed by atoms with Crippen LogP contribution in [0.3, 0.4) is 0 Å². The van der Waals surface area contributed by atoms with Crippen LogP contribution < -0.4 is 4.90 Å². The fourth-order valence-corrected chi connectivity index (χ4v) is 9.75. The molecule has 0 saturated carbocycles. The zero-order valence-electron chi connectivity index (χ0n) is 34.0. The van der Waals surface area contributed by atoms with E-state index in [0.29, 0.717) is 0 Å². The van der Waals surface area contributed by atoms with E-state index < -0.39 is 0 Å². The maximum atomic E-state index is 2.43. The molecule has 1 heterocycles. The molecule has 0 radical (unpaired) electrons. The van der Waals surface area contributed by atoms with Gasteiger partial charge in [-0.25, -0.2) is 0 Å². The molecule has 0 N–H and O–H groups in total. The molecule has 12 rings (SSSR count). The number of rotatable bonds is 7. The van der Waals surface area contributed by atoms with Gasteiger partial charge in [0.15, 0.2) is 0 Å². The monoisotopic (exact) mass is 788 g/mol. The lowest BCUT2D eigenvalue weighted by molar-refractivity contribution is 1.17. The zero-order chi connectivity index (χ0) is 41.0. The van der Waals surface area contributed by atoms with Crippen LogP contribution in [0.25, 0.3) is 93.2 Å². The van der Waals surface area contributed by atoms with Gasteiger partial charge in [0.05, 0.1) is 16.7 Å². The standard InChI is InChI=1S/C60H40N2/c1-4-18-43(19-5-1)58-53-27-13-12-25-50(53)51-38-34-46(40-55(51)59(58)44-20-6-2-7-21-44)42-31-35-48(36-32-42)61(49-37-33-41-17-10-11-22-45(41)39-49)57-30-16-28-54-52-26-14-15-29-56(52)62(60(54)57)47-23-8-3-9-24-47/h1-40H. The molecule has 2 nitrogen and oxygen atoms in total. The number of para-hydroxylation sites is 3. The Bertz CT molecular complexity index is 3610. The van der Waals surface area contributed by atoms with Crippen molar-refractivity contribution in [3.63, 3.8) is 0 Å². The molecule has 0 aliphatic rings. The molecule has 0 unspecified atom stereocenters. The van der Waals surface area contributed by atoms with Crippen molar-refractivity contribution in [3.05, 3.63) is 243 Å². The van der Waals surface area contributed by atoms with Gasteiger partial charge < -0.3 is 9.47 Å². The largest absolute Gasteiger partial charge is 0.308 e. The summed E-state index contributed by atoms with van der Waals surface area (Å²) in [4.78, 5) is 2.43. The Morgan fingerprint density at radius 3 is 1.58 bits per heavy atom. The van der Waals surface area contributed by atoms with Crippen molar-refractivity contribution in [2.75, 3.05) is 4.90 Å². The van der Waals surface area contributed by atoms with Crippen LogP contribution in [0.15, 0.2) is 243 Å². The zero-order valence-corrected chi connectivity index (χ0v) is 34.0. The van der Waals surface area contributed by atoms with E-state index in [1.54, 1.807) is 0 Å². The molecule has 0 atom stereocenters. The summed E-state index contributed by atoms with van der Waals surface area (Å²) in [5.74, 6) is 0. The van der Waals surface area contributed by atoms with Gasteiger partial charge in [0.2, 0.25) is 0 Å². The molecular weight excluding hydrogens is 749 g/mol. The summed E-state index contributed by atoms with van der Waals surface area (Å²) in [5, 5.41) is 9.90. The van der Waals surface area contributed by atoms with Crippen LogP contribution in [0.4, 0.5) is 17.1 Å². The normalized spacial score (nSPS) is 11.5. The summed E-state index contributed by atoms with van der Waals surface area (Å²) in [7, 11) is 0. The predicted octanol–water partition coefficient (Wildman–Crippen LogP) is 16.7. The molecule has 0 saturated heterocycles. The Balaban J connectivity index is 1.07. The van der Waals surface area contributed by atoms with Gasteiger partial charge >= 0.3 is 0 Å². The summed E-state index contributed by atoms with van der Waals surface area (Å²) >= 11 is 0. The van der Waals surface area contributed by atoms with Crippen molar-refractivity contribution in [2.45, 2.75) is 0 Å². The van der Waals surface area contributed by atoms with Crippen molar-refractivity contribution in [1.29, 1.82) is 0 Å². The molecule has 0 amide bonds. The summed E-state index contributed by atoms with van der Waals surface area (Å²) in [6.07, 6.45) is 0. The van der Waals surface area contributed by atoms with Crippen LogP contribution in [-0.2, 0) is 0 Å². The topological polar surface area (TPSA) is 8.17 Å². The van der Waals surface area contributed by atoms with Gasteiger partial charge in [-0.05, 0) is 120 Å². The first-order valence-corrected chi connectivity index (χ1v) is 21.3. The Kier molecular flexibility index (Phi) is 8.53. The van der Waals surface area contributed by atoms with Gasteiger partial charge in [-0.2, -0.15) is 0 Å². The van der Waals surface area contributed by atoms with E-state index in [0.717, 1.165) is 22.7 Å². The number of hydrogen-bond acceptors (Lipinski definition) is 1. The molecule has 2 heteroatoms. The Hall–Kier alpha value is -8.20. The first-order chi connectivity index (χ1) is 30.8. The third-order valence-electron chi connectivity index (χ3n) is 12.5. The molecule has 290 valence electrons. The van der Waals surface area contributed by atoms with Gasteiger partial charge in [-0.3, -0.25) is 0 Å². The highest BCUT2D eigenvalue weighted by atomic mass is 15.2. The smallest absolute Gasteiger partial charge is 0.0782 e. The van der Waals surface area contributed by atoms with Gasteiger partial charge in [-0.15, -0.1) is 0 Å². The van der Waals surface area contributed by atoms with Crippen molar-refractivity contribution < 1.29 is 0 Å². The first-order valence-electron chi connectivity index (χ1n) is 21.3. The molecule has 1 aromatic heterocycles. The van der Waals surface area contributed by atoms with Crippen LogP contribution in [0.2, 0.25) is 0 Å². The maximum absolute atomic E-state index is 2.43. The highest BCUT2D eigenvalue weighted by molar-refractivity contribution is 6.22. The maximum Gasteiger partial charge on any atom is 0.0782 e. The second-order valence-corrected chi connectivity index (χ2v) is 16.1. The van der Waals surface area contributed by atoms with Gasteiger partial charge in [-0.1, -0.05) is 188 Å². The minimum absolute atomic E-state index is 1.09. The Morgan fingerprint density at radius 1 is 0.290 bits per heavy atom. The first kappa shape index (κ1) is 35.7. The van der Waals surface area contributed by atoms with Gasteiger partial charge in [0.1, 0.15) is 0 Å². The molecule has 0 fully saturated rings. The van der Waals surface area contributed by atoms with Crippen LogP contribution >= 0.6 is 0 Å². The van der Waals surface area contributed by atoms with Gasteiger partial charge in [0, 0.05) is 27.8 Å². The second kappa shape index (κ2) is 14.8. The van der Waals surface area contributed by atoms with Crippen LogP contribution in [0.5, 0.6) is 0 Å². The number of hydrogen-bond donors (Lipinski definition) is 0. The van der Waals surface area contributed by atoms with E-state index in [9.17, 15) is 0 Å². The Morgan fingerprint density at radius 2 is 0.839 bits per heavy atom. The van der Waals surface area contributed by atoms with E-state index in [1.165, 1.54) is 87.5 Å². The minimum atomic E-state index is 1.09. The van der Waals surface area contributed by atoms with Crippen molar-refractivity contribution in [1.82, 2.24) is 4.57 Å². The molecule has 0 aliphatic heterocycles. The summed E-state index contributed by atoms with van der Waals surface area (Å²) in [6.45, 7) is 0. The summed E-state index contributed by atoms with van der Waals surface area (Å²) in [6, 6.07) is 88.5. The molecule has 0 aliphatic carbocycles. The van der Waals surface area contributed by atoms with Crippen molar-refractivity contribution >= 4 is 71.2 Å². The molecule has 62 heavy (non-hydrogen) atoms. The van der Waals surface area contributed by atoms with Gasteiger partial charge in [0.25, 0.3) is 0 Å². The van der Waals surface area contributed by atoms with E-state index in [2.05, 4.69) is 252 Å². The third-order valence-corrected chi connectivity index (χ3v) is 12.5. The lowest BCUT2D eigenvalue weighted by Gasteiger charge is -2.27. The average molecular weight is 789 g/mol. The van der Waals surface area contributed by atoms with Crippen LogP contribution in [0.1, 0.15) is 0 Å². The SMILES string of the molecule is c1ccc(-c2c(-c3ccccc3)c3cc(-c4ccc(N(c5ccc6ccccc6c5)c5cccc6c7ccccc7n(-c7ccccc7)c56)cc4)ccc3c3ccccc23)cc1. The minimum Gasteiger partial charge on any atom is -0.308 e. The van der Waals surface area contributed by atoms with Crippen molar-refractivity contribution in [2.24, 2.45) is 0 Å². The average Bonchev–Trinajstić information content (AvgIpc) is 3.69. The fraction of sp³-hybridized carbons (Fsp3) is 0. The molecular formula is C60H40N2.